The van der Waals surface area contributed by atoms with Crippen LogP contribution in [0.2, 0.25) is 0 Å². The molecule has 0 saturated carbocycles. The van der Waals surface area contributed by atoms with Gasteiger partial charge < -0.3 is 20.9 Å². The molecule has 0 spiro atoms. The quantitative estimate of drug-likeness (QED) is 0.701. The summed E-state index contributed by atoms with van der Waals surface area (Å²) in [6.45, 7) is 4.16. The molecule has 1 unspecified atom stereocenters. The summed E-state index contributed by atoms with van der Waals surface area (Å²) < 4.78 is 5.09. The van der Waals surface area contributed by atoms with Crippen molar-refractivity contribution in [3.8, 4) is 5.75 Å². The maximum atomic E-state index is 11.8. The SMILES string of the molecule is COc1cccc(C(O)CNC(=O)[C@@H](N)CC(C)C)c1. The van der Waals surface area contributed by atoms with Gasteiger partial charge in [-0.2, -0.15) is 0 Å². The van der Waals surface area contributed by atoms with Gasteiger partial charge in [-0.05, 0) is 30.0 Å². The smallest absolute Gasteiger partial charge is 0.237 e. The van der Waals surface area contributed by atoms with E-state index in [2.05, 4.69) is 5.32 Å². The summed E-state index contributed by atoms with van der Waals surface area (Å²) in [5.41, 5.74) is 6.47. The number of nitrogens with one attached hydrogen (secondary N) is 1. The largest absolute Gasteiger partial charge is 0.497 e. The van der Waals surface area contributed by atoms with E-state index >= 15 is 0 Å². The molecule has 4 N–H and O–H groups in total. The minimum Gasteiger partial charge on any atom is -0.497 e. The molecule has 0 radical (unpaired) electrons. The summed E-state index contributed by atoms with van der Waals surface area (Å²) in [5.74, 6) is 0.795. The third-order valence-corrected chi connectivity index (χ3v) is 3.01. The Morgan fingerprint density at radius 3 is 2.75 bits per heavy atom. The van der Waals surface area contributed by atoms with E-state index in [0.717, 1.165) is 0 Å². The van der Waals surface area contributed by atoms with Gasteiger partial charge in [0, 0.05) is 6.54 Å². The van der Waals surface area contributed by atoms with Crippen molar-refractivity contribution in [1.29, 1.82) is 0 Å². The van der Waals surface area contributed by atoms with Crippen LogP contribution in [-0.2, 0) is 4.79 Å². The van der Waals surface area contributed by atoms with E-state index in [0.29, 0.717) is 23.7 Å². The summed E-state index contributed by atoms with van der Waals surface area (Å²) in [5, 5.41) is 12.7. The van der Waals surface area contributed by atoms with Crippen LogP contribution in [0.5, 0.6) is 5.75 Å². The molecule has 2 atom stereocenters. The number of hydrogen-bond acceptors (Lipinski definition) is 4. The van der Waals surface area contributed by atoms with Gasteiger partial charge in [-0.25, -0.2) is 0 Å². The van der Waals surface area contributed by atoms with E-state index in [1.165, 1.54) is 0 Å². The summed E-state index contributed by atoms with van der Waals surface area (Å²) in [4.78, 5) is 11.8. The van der Waals surface area contributed by atoms with Crippen LogP contribution >= 0.6 is 0 Å². The van der Waals surface area contributed by atoms with Crippen LogP contribution in [-0.4, -0.2) is 30.7 Å². The van der Waals surface area contributed by atoms with Gasteiger partial charge in [0.2, 0.25) is 5.91 Å². The maximum Gasteiger partial charge on any atom is 0.237 e. The maximum absolute atomic E-state index is 11.8. The molecule has 0 saturated heterocycles. The molecule has 0 aliphatic carbocycles. The van der Waals surface area contributed by atoms with E-state index in [4.69, 9.17) is 10.5 Å². The molecule has 5 nitrogen and oxygen atoms in total. The number of nitrogens with two attached hydrogens (primary N) is 1. The van der Waals surface area contributed by atoms with Crippen LogP contribution < -0.4 is 15.8 Å². The summed E-state index contributed by atoms with van der Waals surface area (Å²) >= 11 is 0. The first-order valence-electron chi connectivity index (χ1n) is 6.79. The molecular formula is C15H24N2O3. The highest BCUT2D eigenvalue weighted by Crippen LogP contribution is 2.18. The number of aliphatic hydroxyl groups excluding tert-OH is 1. The van der Waals surface area contributed by atoms with Crippen LogP contribution in [0.1, 0.15) is 31.9 Å². The predicted molar refractivity (Wildman–Crippen MR) is 78.4 cm³/mol. The van der Waals surface area contributed by atoms with E-state index in [9.17, 15) is 9.90 Å². The Balaban J connectivity index is 2.50. The normalized spacial score (nSPS) is 13.9. The number of hydrogen-bond donors (Lipinski definition) is 3. The molecule has 5 heteroatoms. The number of methoxy groups -OCH3 is 1. The van der Waals surface area contributed by atoms with Crippen LogP contribution in [0.4, 0.5) is 0 Å². The second-order valence-electron chi connectivity index (χ2n) is 5.27. The van der Waals surface area contributed by atoms with Gasteiger partial charge in [0.15, 0.2) is 0 Å². The molecule has 0 aliphatic rings. The molecule has 1 aromatic rings. The molecule has 0 aromatic heterocycles. The van der Waals surface area contributed by atoms with Crippen molar-refractivity contribution in [2.24, 2.45) is 11.7 Å². The molecule has 0 heterocycles. The first-order chi connectivity index (χ1) is 9.43. The van der Waals surface area contributed by atoms with Gasteiger partial charge in [0.05, 0.1) is 19.3 Å². The number of benzene rings is 1. The number of amides is 1. The van der Waals surface area contributed by atoms with E-state index < -0.39 is 12.1 Å². The average molecular weight is 280 g/mol. The number of carbonyl (C=O) groups is 1. The average Bonchev–Trinajstić information content (AvgIpc) is 2.43. The van der Waals surface area contributed by atoms with Crippen LogP contribution in [0.3, 0.4) is 0 Å². The molecule has 112 valence electrons. The fourth-order valence-corrected chi connectivity index (χ4v) is 1.91. The molecule has 0 aliphatic heterocycles. The summed E-state index contributed by atoms with van der Waals surface area (Å²) in [7, 11) is 1.57. The van der Waals surface area contributed by atoms with Crippen LogP contribution in [0.15, 0.2) is 24.3 Å². The van der Waals surface area contributed by atoms with Gasteiger partial charge in [-0.15, -0.1) is 0 Å². The monoisotopic (exact) mass is 280 g/mol. The molecule has 1 rings (SSSR count). The zero-order chi connectivity index (χ0) is 15.1. The highest BCUT2D eigenvalue weighted by Gasteiger charge is 2.16. The van der Waals surface area contributed by atoms with Gasteiger partial charge in [0.1, 0.15) is 5.75 Å². The third kappa shape index (κ3) is 5.19. The van der Waals surface area contributed by atoms with Crippen molar-refractivity contribution < 1.29 is 14.6 Å². The predicted octanol–water partition coefficient (Wildman–Crippen LogP) is 1.22. The summed E-state index contributed by atoms with van der Waals surface area (Å²) in [6.07, 6.45) is -0.151. The minimum absolute atomic E-state index is 0.137. The Kier molecular flexibility index (Phi) is 6.48. The first kappa shape index (κ1) is 16.5. The van der Waals surface area contributed by atoms with Gasteiger partial charge in [-0.3, -0.25) is 4.79 Å². The lowest BCUT2D eigenvalue weighted by Crippen LogP contribution is -2.42. The number of carbonyl (C=O) groups excluding carboxylic acids is 1. The molecule has 20 heavy (non-hydrogen) atoms. The molecule has 1 aromatic carbocycles. The Bertz CT molecular complexity index is 435. The molecule has 0 bridgehead atoms. The topological polar surface area (TPSA) is 84.6 Å². The zero-order valence-corrected chi connectivity index (χ0v) is 12.3. The fraction of sp³-hybridized carbons (Fsp3) is 0.533. The number of aliphatic hydroxyl groups is 1. The Hall–Kier alpha value is -1.59. The Morgan fingerprint density at radius 1 is 1.45 bits per heavy atom. The van der Waals surface area contributed by atoms with E-state index in [-0.39, 0.29) is 12.5 Å². The first-order valence-corrected chi connectivity index (χ1v) is 6.79. The second kappa shape index (κ2) is 7.87. The van der Waals surface area contributed by atoms with Crippen LogP contribution in [0, 0.1) is 5.92 Å². The lowest BCUT2D eigenvalue weighted by Gasteiger charge is -2.17. The second-order valence-corrected chi connectivity index (χ2v) is 5.27. The van der Waals surface area contributed by atoms with E-state index in [1.54, 1.807) is 31.4 Å². The number of ether oxygens (including phenoxy) is 1. The van der Waals surface area contributed by atoms with Gasteiger partial charge >= 0.3 is 0 Å². The third-order valence-electron chi connectivity index (χ3n) is 3.01. The zero-order valence-electron chi connectivity index (χ0n) is 12.3. The van der Waals surface area contributed by atoms with Crippen molar-refractivity contribution in [1.82, 2.24) is 5.32 Å². The van der Waals surface area contributed by atoms with Crippen molar-refractivity contribution in [2.45, 2.75) is 32.4 Å². The van der Waals surface area contributed by atoms with Crippen LogP contribution in [0.25, 0.3) is 0 Å². The highest BCUT2D eigenvalue weighted by atomic mass is 16.5. The van der Waals surface area contributed by atoms with Crippen molar-refractivity contribution in [2.75, 3.05) is 13.7 Å². The summed E-state index contributed by atoms with van der Waals surface area (Å²) in [6, 6.07) is 6.59. The van der Waals surface area contributed by atoms with Crippen molar-refractivity contribution >= 4 is 5.91 Å². The molecular weight excluding hydrogens is 256 g/mol. The lowest BCUT2D eigenvalue weighted by atomic mass is 10.0. The number of rotatable bonds is 7. The van der Waals surface area contributed by atoms with Gasteiger partial charge in [0.25, 0.3) is 0 Å². The Labute approximate surface area is 120 Å². The fourth-order valence-electron chi connectivity index (χ4n) is 1.91. The standard InChI is InChI=1S/C15H24N2O3/c1-10(2)7-13(16)15(19)17-9-14(18)11-5-4-6-12(8-11)20-3/h4-6,8,10,13-14,18H,7,9,16H2,1-3H3,(H,17,19)/t13-,14?/m0/s1. The minimum atomic E-state index is -0.778. The Morgan fingerprint density at radius 2 is 2.15 bits per heavy atom. The van der Waals surface area contributed by atoms with Crippen molar-refractivity contribution in [3.63, 3.8) is 0 Å². The lowest BCUT2D eigenvalue weighted by molar-refractivity contribution is -0.123. The molecule has 0 fully saturated rings. The highest BCUT2D eigenvalue weighted by molar-refractivity contribution is 5.81. The molecule has 1 amide bonds. The van der Waals surface area contributed by atoms with Gasteiger partial charge in [-0.1, -0.05) is 26.0 Å². The van der Waals surface area contributed by atoms with E-state index in [1.807, 2.05) is 13.8 Å². The van der Waals surface area contributed by atoms with Crippen molar-refractivity contribution in [3.05, 3.63) is 29.8 Å².